The van der Waals surface area contributed by atoms with Crippen LogP contribution in [0.25, 0.3) is 0 Å². The Kier molecular flexibility index (Phi) is 153. The Labute approximate surface area is 45.8 Å². The van der Waals surface area contributed by atoms with Crippen molar-refractivity contribution in [3.05, 3.63) is 0 Å². The minimum Gasteiger partial charge on any atom is -0.412 e. The van der Waals surface area contributed by atoms with Gasteiger partial charge in [-0.05, 0) is 0 Å². The summed E-state index contributed by atoms with van der Waals surface area (Å²) >= 11 is 0. The van der Waals surface area contributed by atoms with Crippen molar-refractivity contribution >= 4 is 8.25 Å². The fraction of sp³-hybridized carbons (Fsp3) is 0. The van der Waals surface area contributed by atoms with E-state index in [9.17, 15) is 0 Å². The van der Waals surface area contributed by atoms with E-state index in [1.807, 2.05) is 0 Å². The van der Waals surface area contributed by atoms with Gasteiger partial charge < -0.3 is 31.7 Å². The van der Waals surface area contributed by atoms with Gasteiger partial charge in [0.1, 0.15) is 0 Å². The van der Waals surface area contributed by atoms with Gasteiger partial charge in [-0.15, -0.1) is 0 Å². The summed E-state index contributed by atoms with van der Waals surface area (Å²) in [7, 11) is -3.13. The smallest absolute Gasteiger partial charge is 0.314 e. The minimum atomic E-state index is -3.13. The van der Waals surface area contributed by atoms with Crippen molar-refractivity contribution in [2.75, 3.05) is 0 Å². The molecular formula is H11O7P. The maximum Gasteiger partial charge on any atom is 0.314 e. The average molecular weight is 154 g/mol. The van der Waals surface area contributed by atoms with Crippen LogP contribution in [-0.4, -0.2) is 31.7 Å². The third-order valence-corrected chi connectivity index (χ3v) is 0. The molecule has 0 radical (unpaired) electrons. The highest BCUT2D eigenvalue weighted by atomic mass is 31.1. The van der Waals surface area contributed by atoms with Gasteiger partial charge in [-0.25, -0.2) is 0 Å². The van der Waals surface area contributed by atoms with Crippen LogP contribution >= 0.6 is 8.25 Å². The molecule has 0 atom stereocenters. The van der Waals surface area contributed by atoms with Crippen LogP contribution in [-0.2, 0) is 4.57 Å². The highest BCUT2D eigenvalue weighted by Gasteiger charge is 1.61. The lowest BCUT2D eigenvalue weighted by molar-refractivity contribution is 0.405. The predicted molar refractivity (Wildman–Crippen MR) is 27.9 cm³/mol. The van der Waals surface area contributed by atoms with E-state index in [2.05, 4.69) is 0 Å². The largest absolute Gasteiger partial charge is 0.412 e. The second-order valence-corrected chi connectivity index (χ2v) is 0.848. The lowest BCUT2D eigenvalue weighted by Gasteiger charge is -1.61. The van der Waals surface area contributed by atoms with Crippen molar-refractivity contribution in [3.8, 4) is 0 Å². The van der Waals surface area contributed by atoms with Crippen LogP contribution in [0, 0.1) is 0 Å². The van der Waals surface area contributed by atoms with E-state index in [-0.39, 0.29) is 21.9 Å². The first-order valence-electron chi connectivity index (χ1n) is 0.651. The molecule has 0 unspecified atom stereocenters. The second kappa shape index (κ2) is 28.1. The standard InChI is InChI=1S/H3O3P.4H2O/c1-4(2)3;;;;/h4H,(H2,1,2,3);4*1H2. The summed E-state index contributed by atoms with van der Waals surface area (Å²) in [6, 6.07) is 0. The van der Waals surface area contributed by atoms with E-state index in [0.29, 0.717) is 0 Å². The Bertz CT molecular complexity index is 27.4. The van der Waals surface area contributed by atoms with Crippen molar-refractivity contribution in [2.45, 2.75) is 0 Å². The van der Waals surface area contributed by atoms with Crippen LogP contribution in [0.1, 0.15) is 0 Å². The Morgan fingerprint density at radius 2 is 0.875 bits per heavy atom. The Hall–Kier alpha value is -0.0100. The van der Waals surface area contributed by atoms with Crippen molar-refractivity contribution in [3.63, 3.8) is 0 Å². The molecule has 0 aliphatic carbocycles. The van der Waals surface area contributed by atoms with Gasteiger partial charge in [-0.2, -0.15) is 0 Å². The zero-order valence-corrected chi connectivity index (χ0v) is 4.80. The van der Waals surface area contributed by atoms with E-state index < -0.39 is 8.25 Å². The molecule has 0 aliphatic rings. The van der Waals surface area contributed by atoms with Crippen molar-refractivity contribution < 1.29 is 36.3 Å². The molecular weight excluding hydrogens is 143 g/mol. The summed E-state index contributed by atoms with van der Waals surface area (Å²) in [6.07, 6.45) is 0. The Morgan fingerprint density at radius 1 is 0.875 bits per heavy atom. The van der Waals surface area contributed by atoms with Crippen molar-refractivity contribution in [1.82, 2.24) is 0 Å². The predicted octanol–water partition coefficient (Wildman–Crippen LogP) is -3.94. The molecule has 0 amide bonds. The number of hydrogen-bond acceptors (Lipinski definition) is 1. The lowest BCUT2D eigenvalue weighted by Crippen LogP contribution is -1.38. The molecule has 0 aromatic heterocycles. The van der Waals surface area contributed by atoms with Gasteiger partial charge in [0.25, 0.3) is 0 Å². The van der Waals surface area contributed by atoms with Gasteiger partial charge >= 0.3 is 8.25 Å². The third kappa shape index (κ3) is 1490000. The SMILES string of the molecule is O.O.O.O.O=[PH](O)O. The van der Waals surface area contributed by atoms with E-state index in [1.165, 1.54) is 0 Å². The van der Waals surface area contributed by atoms with E-state index in [0.717, 1.165) is 0 Å². The molecule has 8 heavy (non-hydrogen) atoms. The summed E-state index contributed by atoms with van der Waals surface area (Å²) < 4.78 is 8.74. The van der Waals surface area contributed by atoms with E-state index in [4.69, 9.17) is 14.4 Å². The first kappa shape index (κ1) is 43.7. The van der Waals surface area contributed by atoms with Crippen molar-refractivity contribution in [1.29, 1.82) is 0 Å². The quantitative estimate of drug-likeness (QED) is 0.338. The fourth-order valence-corrected chi connectivity index (χ4v) is 0. The Morgan fingerprint density at radius 3 is 0.875 bits per heavy atom. The van der Waals surface area contributed by atoms with E-state index in [1.54, 1.807) is 0 Å². The zero-order chi connectivity index (χ0) is 3.58. The van der Waals surface area contributed by atoms with Crippen LogP contribution in [0.15, 0.2) is 0 Å². The van der Waals surface area contributed by atoms with Crippen LogP contribution in [0.5, 0.6) is 0 Å². The molecule has 0 saturated heterocycles. The molecule has 58 valence electrons. The molecule has 0 bridgehead atoms. The summed E-state index contributed by atoms with van der Waals surface area (Å²) in [4.78, 5) is 14.3. The second-order valence-electron chi connectivity index (χ2n) is 0.283. The molecule has 8 heteroatoms. The summed E-state index contributed by atoms with van der Waals surface area (Å²) in [6.45, 7) is 0. The van der Waals surface area contributed by atoms with Crippen LogP contribution < -0.4 is 0 Å². The highest BCUT2D eigenvalue weighted by molar-refractivity contribution is 7.30. The van der Waals surface area contributed by atoms with Gasteiger partial charge in [0, 0.05) is 0 Å². The molecule has 0 rings (SSSR count). The van der Waals surface area contributed by atoms with Crippen LogP contribution in [0.2, 0.25) is 0 Å². The number of hydrogen-bond donors (Lipinski definition) is 2. The monoisotopic (exact) mass is 154 g/mol. The summed E-state index contributed by atoms with van der Waals surface area (Å²) in [5.41, 5.74) is 0. The molecule has 0 heterocycles. The van der Waals surface area contributed by atoms with Gasteiger partial charge in [-0.1, -0.05) is 0 Å². The summed E-state index contributed by atoms with van der Waals surface area (Å²) in [5, 5.41) is 0. The first-order chi connectivity index (χ1) is 1.73. The maximum atomic E-state index is 8.74. The zero-order valence-electron chi connectivity index (χ0n) is 3.80. The molecule has 0 spiro atoms. The highest BCUT2D eigenvalue weighted by Crippen LogP contribution is 1.98. The van der Waals surface area contributed by atoms with Gasteiger partial charge in [0.15, 0.2) is 0 Å². The molecule has 0 aromatic carbocycles. The lowest BCUT2D eigenvalue weighted by atomic mass is 15.8. The molecule has 0 aliphatic heterocycles. The Balaban J connectivity index is -0.00000000750. The molecule has 7 nitrogen and oxygen atoms in total. The molecule has 0 aromatic rings. The van der Waals surface area contributed by atoms with Gasteiger partial charge in [0.2, 0.25) is 0 Å². The topological polar surface area (TPSA) is 184 Å². The van der Waals surface area contributed by atoms with Gasteiger partial charge in [0.05, 0.1) is 0 Å². The van der Waals surface area contributed by atoms with Gasteiger partial charge in [-0.3, -0.25) is 4.57 Å². The maximum absolute atomic E-state index is 8.74. The van der Waals surface area contributed by atoms with Crippen LogP contribution in [0.3, 0.4) is 0 Å². The molecule has 0 fully saturated rings. The third-order valence-electron chi connectivity index (χ3n) is 0. The normalized spacial score (nSPS) is 4.38. The van der Waals surface area contributed by atoms with E-state index >= 15 is 0 Å². The molecule has 10 N–H and O–H groups in total. The first-order valence-corrected chi connectivity index (χ1v) is 1.95. The number of rotatable bonds is 0. The summed E-state index contributed by atoms with van der Waals surface area (Å²) in [5.74, 6) is 0. The van der Waals surface area contributed by atoms with Crippen LogP contribution in [0.4, 0.5) is 0 Å². The average Bonchev–Trinajstić information content (AvgIpc) is 0.811. The van der Waals surface area contributed by atoms with Crippen molar-refractivity contribution in [2.24, 2.45) is 0 Å². The molecule has 0 saturated carbocycles. The fourth-order valence-electron chi connectivity index (χ4n) is 0. The minimum absolute atomic E-state index is 0.